The van der Waals surface area contributed by atoms with E-state index in [0.29, 0.717) is 11.6 Å². The van der Waals surface area contributed by atoms with Crippen LogP contribution in [-0.2, 0) is 6.42 Å². The van der Waals surface area contributed by atoms with Crippen molar-refractivity contribution >= 4 is 5.82 Å². The fourth-order valence-corrected chi connectivity index (χ4v) is 4.22. The predicted molar refractivity (Wildman–Crippen MR) is 99.0 cm³/mol. The van der Waals surface area contributed by atoms with Crippen molar-refractivity contribution in [3.05, 3.63) is 41.3 Å². The van der Waals surface area contributed by atoms with Gasteiger partial charge in [-0.05, 0) is 57.3 Å². The lowest BCUT2D eigenvalue weighted by molar-refractivity contribution is 0.215. The van der Waals surface area contributed by atoms with E-state index in [1.54, 1.807) is 6.07 Å². The van der Waals surface area contributed by atoms with Crippen LogP contribution in [0.2, 0.25) is 0 Å². The number of piperidine rings is 1. The molecule has 0 radical (unpaired) electrons. The van der Waals surface area contributed by atoms with E-state index in [2.05, 4.69) is 17.1 Å². The summed E-state index contributed by atoms with van der Waals surface area (Å²) >= 11 is 0. The minimum absolute atomic E-state index is 0.218. The Balaban J connectivity index is 1.78. The molecule has 1 atom stereocenters. The summed E-state index contributed by atoms with van der Waals surface area (Å²) in [5, 5.41) is 8.47. The largest absolute Gasteiger partial charge is 0.370 e. The lowest BCUT2D eigenvalue weighted by atomic mass is 9.91. The maximum atomic E-state index is 14.4. The van der Waals surface area contributed by atoms with Gasteiger partial charge in [-0.15, -0.1) is 0 Å². The van der Waals surface area contributed by atoms with Crippen LogP contribution in [-0.4, -0.2) is 40.9 Å². The van der Waals surface area contributed by atoms with Crippen molar-refractivity contribution in [1.29, 1.82) is 0 Å². The molecule has 1 saturated heterocycles. The number of rotatable bonds is 3. The average molecular weight is 342 g/mol. The Kier molecular flexibility index (Phi) is 4.75. The van der Waals surface area contributed by atoms with Crippen LogP contribution in [0.3, 0.4) is 0 Å². The highest BCUT2D eigenvalue weighted by Gasteiger charge is 2.29. The molecule has 5 heteroatoms. The van der Waals surface area contributed by atoms with Gasteiger partial charge in [-0.25, -0.2) is 9.07 Å². The molecule has 3 heterocycles. The summed E-state index contributed by atoms with van der Waals surface area (Å²) in [7, 11) is 0. The standard InChI is InChI=1S/C20H27FN4/c1-2-24-13-7-8-15(14-24)19-16-9-5-6-12-22-20(16)25(23-19)18-11-4-3-10-17(18)21/h3-4,10-11,15,22H,2,5-9,12-14H2,1H3. The summed E-state index contributed by atoms with van der Waals surface area (Å²) in [5.74, 6) is 1.24. The number of likely N-dealkylation sites (N-methyl/N-ethyl adjacent to an activating group) is 1. The van der Waals surface area contributed by atoms with Gasteiger partial charge in [0.2, 0.25) is 0 Å². The van der Waals surface area contributed by atoms with Gasteiger partial charge in [-0.3, -0.25) is 0 Å². The van der Waals surface area contributed by atoms with Gasteiger partial charge in [0.1, 0.15) is 17.3 Å². The smallest absolute Gasteiger partial charge is 0.148 e. The van der Waals surface area contributed by atoms with E-state index in [9.17, 15) is 4.39 Å². The number of nitrogens with one attached hydrogen (secondary N) is 1. The summed E-state index contributed by atoms with van der Waals surface area (Å²) in [5.41, 5.74) is 3.04. The Morgan fingerprint density at radius 3 is 2.96 bits per heavy atom. The summed E-state index contributed by atoms with van der Waals surface area (Å²) in [4.78, 5) is 2.51. The zero-order chi connectivity index (χ0) is 17.2. The van der Waals surface area contributed by atoms with Crippen molar-refractivity contribution < 1.29 is 4.39 Å². The second-order valence-electron chi connectivity index (χ2n) is 7.19. The fourth-order valence-electron chi connectivity index (χ4n) is 4.22. The fraction of sp³-hybridized carbons (Fsp3) is 0.550. The van der Waals surface area contributed by atoms with E-state index >= 15 is 0 Å². The topological polar surface area (TPSA) is 33.1 Å². The van der Waals surface area contributed by atoms with Gasteiger partial charge < -0.3 is 10.2 Å². The number of likely N-dealkylation sites (tertiary alicyclic amines) is 1. The second-order valence-corrected chi connectivity index (χ2v) is 7.19. The highest BCUT2D eigenvalue weighted by molar-refractivity contribution is 5.55. The molecule has 2 aliphatic rings. The van der Waals surface area contributed by atoms with Gasteiger partial charge in [0, 0.05) is 24.6 Å². The summed E-state index contributed by atoms with van der Waals surface area (Å²) < 4.78 is 16.2. The molecule has 4 rings (SSSR count). The van der Waals surface area contributed by atoms with Crippen LogP contribution in [0.4, 0.5) is 10.2 Å². The first kappa shape index (κ1) is 16.6. The predicted octanol–water partition coefficient (Wildman–Crippen LogP) is 3.96. The van der Waals surface area contributed by atoms with E-state index in [-0.39, 0.29) is 5.82 Å². The van der Waals surface area contributed by atoms with E-state index in [1.165, 1.54) is 43.1 Å². The van der Waals surface area contributed by atoms with Gasteiger partial charge in [0.05, 0.1) is 5.69 Å². The molecule has 0 aliphatic carbocycles. The number of nitrogens with zero attached hydrogens (tertiary/aromatic N) is 3. The Bertz CT molecular complexity index is 739. The monoisotopic (exact) mass is 342 g/mol. The molecule has 0 amide bonds. The summed E-state index contributed by atoms with van der Waals surface area (Å²) in [6, 6.07) is 6.94. The van der Waals surface area contributed by atoms with E-state index in [4.69, 9.17) is 5.10 Å². The molecule has 4 nitrogen and oxygen atoms in total. The van der Waals surface area contributed by atoms with Gasteiger partial charge in [0.25, 0.3) is 0 Å². The lowest BCUT2D eigenvalue weighted by Gasteiger charge is -2.31. The van der Waals surface area contributed by atoms with Crippen LogP contribution < -0.4 is 5.32 Å². The van der Waals surface area contributed by atoms with Crippen molar-refractivity contribution in [3.63, 3.8) is 0 Å². The number of hydrogen-bond acceptors (Lipinski definition) is 3. The third-order valence-corrected chi connectivity index (χ3v) is 5.58. The molecule has 25 heavy (non-hydrogen) atoms. The normalized spacial score (nSPS) is 21.4. The van der Waals surface area contributed by atoms with Crippen molar-refractivity contribution in [2.45, 2.75) is 44.9 Å². The van der Waals surface area contributed by atoms with Gasteiger partial charge in [-0.2, -0.15) is 5.10 Å². The number of para-hydroxylation sites is 1. The number of halogens is 1. The average Bonchev–Trinajstić information content (AvgIpc) is 2.83. The van der Waals surface area contributed by atoms with E-state index < -0.39 is 0 Å². The molecule has 1 N–H and O–H groups in total. The third kappa shape index (κ3) is 3.17. The number of benzene rings is 1. The molecule has 1 aromatic heterocycles. The van der Waals surface area contributed by atoms with Crippen LogP contribution in [0.1, 0.15) is 49.8 Å². The van der Waals surface area contributed by atoms with E-state index in [0.717, 1.165) is 38.3 Å². The molecular weight excluding hydrogens is 315 g/mol. The Morgan fingerprint density at radius 2 is 2.12 bits per heavy atom. The Hall–Kier alpha value is -1.88. The first-order chi connectivity index (χ1) is 12.3. The number of hydrogen-bond donors (Lipinski definition) is 1. The minimum atomic E-state index is -0.218. The van der Waals surface area contributed by atoms with Gasteiger partial charge >= 0.3 is 0 Å². The zero-order valence-corrected chi connectivity index (χ0v) is 15.0. The number of aromatic nitrogens is 2. The van der Waals surface area contributed by atoms with Gasteiger partial charge in [0.15, 0.2) is 0 Å². The molecule has 1 aromatic carbocycles. The molecule has 2 aliphatic heterocycles. The van der Waals surface area contributed by atoms with Crippen LogP contribution in [0.5, 0.6) is 0 Å². The first-order valence-corrected chi connectivity index (χ1v) is 9.61. The summed E-state index contributed by atoms with van der Waals surface area (Å²) in [6.45, 7) is 6.49. The SMILES string of the molecule is CCN1CCCC(c2nn(-c3ccccc3F)c3c2CCCCN3)C1. The number of anilines is 1. The minimum Gasteiger partial charge on any atom is -0.370 e. The molecule has 1 fully saturated rings. The van der Waals surface area contributed by atoms with Crippen LogP contribution >= 0.6 is 0 Å². The van der Waals surface area contributed by atoms with Crippen LogP contribution in [0.25, 0.3) is 5.69 Å². The van der Waals surface area contributed by atoms with Crippen molar-refractivity contribution in [1.82, 2.24) is 14.7 Å². The Labute approximate surface area is 149 Å². The van der Waals surface area contributed by atoms with Crippen molar-refractivity contribution in [2.24, 2.45) is 0 Å². The highest BCUT2D eigenvalue weighted by atomic mass is 19.1. The van der Waals surface area contributed by atoms with Gasteiger partial charge in [-0.1, -0.05) is 19.1 Å². The molecule has 0 bridgehead atoms. The maximum Gasteiger partial charge on any atom is 0.148 e. The number of fused-ring (bicyclic) bond motifs is 1. The second kappa shape index (κ2) is 7.16. The Morgan fingerprint density at radius 1 is 1.24 bits per heavy atom. The molecule has 1 unspecified atom stereocenters. The van der Waals surface area contributed by atoms with Crippen LogP contribution in [0, 0.1) is 5.82 Å². The van der Waals surface area contributed by atoms with Crippen molar-refractivity contribution in [2.75, 3.05) is 31.5 Å². The quantitative estimate of drug-likeness (QED) is 0.916. The zero-order valence-electron chi connectivity index (χ0n) is 15.0. The van der Waals surface area contributed by atoms with Crippen molar-refractivity contribution in [3.8, 4) is 5.69 Å². The van der Waals surface area contributed by atoms with Crippen LogP contribution in [0.15, 0.2) is 24.3 Å². The molecule has 0 spiro atoms. The van der Waals surface area contributed by atoms with E-state index in [1.807, 2.05) is 16.8 Å². The lowest BCUT2D eigenvalue weighted by Crippen LogP contribution is -2.34. The maximum absolute atomic E-state index is 14.4. The third-order valence-electron chi connectivity index (χ3n) is 5.58. The molecular formula is C20H27FN4. The molecule has 0 saturated carbocycles. The summed E-state index contributed by atoms with van der Waals surface area (Å²) in [6.07, 6.45) is 5.75. The highest BCUT2D eigenvalue weighted by Crippen LogP contribution is 2.36. The first-order valence-electron chi connectivity index (χ1n) is 9.61. The molecule has 134 valence electrons. The molecule has 2 aromatic rings.